The van der Waals surface area contributed by atoms with Crippen LogP contribution in [0.2, 0.25) is 0 Å². The van der Waals surface area contributed by atoms with Crippen LogP contribution in [0.1, 0.15) is 28.2 Å². The van der Waals surface area contributed by atoms with Crippen LogP contribution >= 0.6 is 23.1 Å². The first-order valence-corrected chi connectivity index (χ1v) is 12.1. The molecule has 154 valence electrons. The van der Waals surface area contributed by atoms with Crippen LogP contribution in [0.3, 0.4) is 0 Å². The lowest BCUT2D eigenvalue weighted by atomic mass is 10.1. The zero-order valence-corrected chi connectivity index (χ0v) is 18.0. The summed E-state index contributed by atoms with van der Waals surface area (Å²) in [6, 6.07) is 8.17. The van der Waals surface area contributed by atoms with Crippen molar-refractivity contribution < 1.29 is 4.79 Å². The standard InChI is InChI=1S/C22H22N4O2S2/c27-19(23-9-8-13-10-24-16-6-2-1-4-14(13)16)12-29-11-18-25-21(28)20-15-5-3-7-17(15)30-22(20)26-18/h1-2,4,6,10,24H,3,5,7-9,11-12H2,(H,23,27)(H,25,26,28). The zero-order valence-electron chi connectivity index (χ0n) is 16.4. The first-order chi connectivity index (χ1) is 14.7. The molecule has 4 aromatic rings. The topological polar surface area (TPSA) is 90.6 Å². The van der Waals surface area contributed by atoms with Gasteiger partial charge in [0.25, 0.3) is 5.56 Å². The van der Waals surface area contributed by atoms with Crippen LogP contribution in [0, 0.1) is 0 Å². The third-order valence-corrected chi connectivity index (χ3v) is 7.62. The van der Waals surface area contributed by atoms with Crippen LogP contribution in [-0.4, -0.2) is 33.2 Å². The molecule has 0 aliphatic heterocycles. The van der Waals surface area contributed by atoms with Gasteiger partial charge in [-0.2, -0.15) is 0 Å². The van der Waals surface area contributed by atoms with Gasteiger partial charge in [-0.05, 0) is 42.9 Å². The van der Waals surface area contributed by atoms with Gasteiger partial charge in [-0.15, -0.1) is 23.1 Å². The summed E-state index contributed by atoms with van der Waals surface area (Å²) in [6.07, 6.45) is 5.95. The Morgan fingerprint density at radius 1 is 1.27 bits per heavy atom. The maximum absolute atomic E-state index is 12.5. The quantitative estimate of drug-likeness (QED) is 0.412. The van der Waals surface area contributed by atoms with Gasteiger partial charge in [0.2, 0.25) is 5.91 Å². The molecule has 0 radical (unpaired) electrons. The van der Waals surface area contributed by atoms with Crippen molar-refractivity contribution in [1.29, 1.82) is 0 Å². The second-order valence-electron chi connectivity index (χ2n) is 7.50. The third-order valence-electron chi connectivity index (χ3n) is 5.49. The molecule has 1 amide bonds. The first-order valence-electron chi connectivity index (χ1n) is 10.1. The molecule has 3 heterocycles. The van der Waals surface area contributed by atoms with Crippen molar-refractivity contribution >= 4 is 50.1 Å². The summed E-state index contributed by atoms with van der Waals surface area (Å²) in [7, 11) is 0. The largest absolute Gasteiger partial charge is 0.361 e. The van der Waals surface area contributed by atoms with E-state index in [2.05, 4.69) is 26.3 Å². The summed E-state index contributed by atoms with van der Waals surface area (Å²) < 4.78 is 0. The summed E-state index contributed by atoms with van der Waals surface area (Å²) in [5, 5.41) is 4.95. The molecule has 5 rings (SSSR count). The van der Waals surface area contributed by atoms with Gasteiger partial charge in [0.05, 0.1) is 16.9 Å². The number of benzene rings is 1. The number of aryl methyl sites for hydroxylation is 2. The van der Waals surface area contributed by atoms with E-state index in [9.17, 15) is 9.59 Å². The maximum atomic E-state index is 12.5. The minimum absolute atomic E-state index is 0.00151. The number of H-pyrrole nitrogens is 2. The molecule has 0 unspecified atom stereocenters. The predicted octanol–water partition coefficient (Wildman–Crippen LogP) is 3.55. The van der Waals surface area contributed by atoms with Gasteiger partial charge in [0.1, 0.15) is 10.7 Å². The molecule has 1 aromatic carbocycles. The number of nitrogens with zero attached hydrogens (tertiary/aromatic N) is 1. The highest BCUT2D eigenvalue weighted by atomic mass is 32.2. The fourth-order valence-electron chi connectivity index (χ4n) is 4.08. The van der Waals surface area contributed by atoms with Crippen LogP contribution in [0.25, 0.3) is 21.1 Å². The van der Waals surface area contributed by atoms with Gasteiger partial charge in [0.15, 0.2) is 0 Å². The molecular weight excluding hydrogens is 416 g/mol. The van der Waals surface area contributed by atoms with E-state index >= 15 is 0 Å². The second kappa shape index (κ2) is 8.28. The Balaban J connectivity index is 1.12. The van der Waals surface area contributed by atoms with E-state index in [1.807, 2.05) is 24.4 Å². The molecule has 0 saturated heterocycles. The molecule has 0 atom stereocenters. The molecule has 0 fully saturated rings. The molecule has 0 saturated carbocycles. The molecule has 3 aromatic heterocycles. The molecule has 3 N–H and O–H groups in total. The number of rotatable bonds is 7. The molecular formula is C22H22N4O2S2. The van der Waals surface area contributed by atoms with E-state index in [-0.39, 0.29) is 11.5 Å². The fraction of sp³-hybridized carbons (Fsp3) is 0.318. The zero-order chi connectivity index (χ0) is 20.5. The van der Waals surface area contributed by atoms with Crippen molar-refractivity contribution in [3.8, 4) is 0 Å². The van der Waals surface area contributed by atoms with Gasteiger partial charge < -0.3 is 15.3 Å². The summed E-state index contributed by atoms with van der Waals surface area (Å²) in [4.78, 5) is 37.6. The van der Waals surface area contributed by atoms with Gasteiger partial charge >= 0.3 is 0 Å². The van der Waals surface area contributed by atoms with Crippen molar-refractivity contribution in [3.05, 3.63) is 62.6 Å². The van der Waals surface area contributed by atoms with Crippen molar-refractivity contribution in [1.82, 2.24) is 20.3 Å². The minimum atomic E-state index is -0.0434. The summed E-state index contributed by atoms with van der Waals surface area (Å²) in [5.41, 5.74) is 3.47. The van der Waals surface area contributed by atoms with Crippen LogP contribution < -0.4 is 10.9 Å². The third kappa shape index (κ3) is 3.77. The molecule has 1 aliphatic carbocycles. The molecule has 1 aliphatic rings. The van der Waals surface area contributed by atoms with Crippen molar-refractivity contribution in [2.45, 2.75) is 31.4 Å². The number of carbonyl (C=O) groups excluding carboxylic acids is 1. The highest BCUT2D eigenvalue weighted by Crippen LogP contribution is 2.34. The average molecular weight is 439 g/mol. The number of thiophene rings is 1. The lowest BCUT2D eigenvalue weighted by molar-refractivity contribution is -0.118. The Morgan fingerprint density at radius 2 is 2.17 bits per heavy atom. The average Bonchev–Trinajstić information content (AvgIpc) is 3.42. The van der Waals surface area contributed by atoms with Crippen LogP contribution in [0.4, 0.5) is 0 Å². The van der Waals surface area contributed by atoms with E-state index in [1.54, 1.807) is 11.3 Å². The van der Waals surface area contributed by atoms with E-state index < -0.39 is 0 Å². The van der Waals surface area contributed by atoms with Gasteiger partial charge in [0, 0.05) is 28.5 Å². The fourth-order valence-corrected chi connectivity index (χ4v) is 6.08. The maximum Gasteiger partial charge on any atom is 0.259 e. The Bertz CT molecular complexity index is 1290. The van der Waals surface area contributed by atoms with Gasteiger partial charge in [-0.3, -0.25) is 9.59 Å². The molecule has 30 heavy (non-hydrogen) atoms. The predicted molar refractivity (Wildman–Crippen MR) is 123 cm³/mol. The van der Waals surface area contributed by atoms with Crippen molar-refractivity contribution in [3.63, 3.8) is 0 Å². The molecule has 6 nitrogen and oxygen atoms in total. The Hall–Kier alpha value is -2.58. The lowest BCUT2D eigenvalue weighted by Crippen LogP contribution is -2.27. The van der Waals surface area contributed by atoms with E-state index in [1.165, 1.54) is 33.2 Å². The molecule has 8 heteroatoms. The number of para-hydroxylation sites is 1. The van der Waals surface area contributed by atoms with E-state index in [0.717, 1.165) is 41.4 Å². The highest BCUT2D eigenvalue weighted by Gasteiger charge is 2.21. The monoisotopic (exact) mass is 438 g/mol. The van der Waals surface area contributed by atoms with Crippen LogP contribution in [-0.2, 0) is 29.8 Å². The van der Waals surface area contributed by atoms with Crippen LogP contribution in [0.15, 0.2) is 35.3 Å². The number of amides is 1. The number of carbonyl (C=O) groups is 1. The van der Waals surface area contributed by atoms with E-state index in [0.29, 0.717) is 23.9 Å². The SMILES string of the molecule is O=C(CSCc1nc2sc3c(c2c(=O)[nH]1)CCC3)NCCc1c[nH]c2ccccc12. The number of hydrogen-bond donors (Lipinski definition) is 3. The lowest BCUT2D eigenvalue weighted by Gasteiger charge is -2.05. The Kier molecular flexibility index (Phi) is 5.35. The molecule has 0 spiro atoms. The summed E-state index contributed by atoms with van der Waals surface area (Å²) >= 11 is 3.11. The molecule has 0 bridgehead atoms. The minimum Gasteiger partial charge on any atom is -0.361 e. The first kappa shape index (κ1) is 19.4. The van der Waals surface area contributed by atoms with Gasteiger partial charge in [-0.1, -0.05) is 18.2 Å². The van der Waals surface area contributed by atoms with Gasteiger partial charge in [-0.25, -0.2) is 4.98 Å². The van der Waals surface area contributed by atoms with E-state index in [4.69, 9.17) is 0 Å². The number of nitrogens with one attached hydrogen (secondary N) is 3. The number of aromatic amines is 2. The number of thioether (sulfide) groups is 1. The van der Waals surface area contributed by atoms with Crippen molar-refractivity contribution in [2.75, 3.05) is 12.3 Å². The number of hydrogen-bond acceptors (Lipinski definition) is 5. The second-order valence-corrected chi connectivity index (χ2v) is 9.57. The van der Waals surface area contributed by atoms with Crippen molar-refractivity contribution in [2.24, 2.45) is 0 Å². The smallest absolute Gasteiger partial charge is 0.259 e. The Labute approximate surface area is 181 Å². The summed E-state index contributed by atoms with van der Waals surface area (Å²) in [5.74, 6) is 1.50. The Morgan fingerprint density at radius 3 is 3.10 bits per heavy atom. The number of fused-ring (bicyclic) bond motifs is 4. The number of aromatic nitrogens is 3. The summed E-state index contributed by atoms with van der Waals surface area (Å²) in [6.45, 7) is 0.600. The van der Waals surface area contributed by atoms with Crippen LogP contribution in [0.5, 0.6) is 0 Å². The normalized spacial score (nSPS) is 13.2. The highest BCUT2D eigenvalue weighted by molar-refractivity contribution is 7.99.